The lowest BCUT2D eigenvalue weighted by Crippen LogP contribution is -2.41. The van der Waals surface area contributed by atoms with Crippen LogP contribution in [0.2, 0.25) is 0 Å². The van der Waals surface area contributed by atoms with Crippen LogP contribution in [0.25, 0.3) is 0 Å². The number of carbonyl (C=O) groups excluding carboxylic acids is 1. The molecule has 1 heterocycles. The van der Waals surface area contributed by atoms with Crippen molar-refractivity contribution in [1.29, 1.82) is 0 Å². The minimum Gasteiger partial charge on any atom is -0.336 e. The van der Waals surface area contributed by atoms with Gasteiger partial charge in [-0.25, -0.2) is 4.79 Å². The molecule has 5 nitrogen and oxygen atoms in total. The molecule has 114 valence electrons. The molecule has 0 unspecified atom stereocenters. The van der Waals surface area contributed by atoms with Gasteiger partial charge in [-0.05, 0) is 39.2 Å². The second kappa shape index (κ2) is 7.92. The van der Waals surface area contributed by atoms with E-state index in [0.29, 0.717) is 18.5 Å². The highest BCUT2D eigenvalue weighted by atomic mass is 16.2. The third-order valence-corrected chi connectivity index (χ3v) is 3.45. The van der Waals surface area contributed by atoms with Gasteiger partial charge < -0.3 is 10.6 Å². The fourth-order valence-corrected chi connectivity index (χ4v) is 2.03. The summed E-state index contributed by atoms with van der Waals surface area (Å²) >= 11 is 0. The molecule has 0 radical (unpaired) electrons. The molecule has 0 spiro atoms. The molecular formula is C15H28N4O. The van der Waals surface area contributed by atoms with Gasteiger partial charge in [0.15, 0.2) is 0 Å². The van der Waals surface area contributed by atoms with Crippen LogP contribution in [0.15, 0.2) is 12.3 Å². The highest BCUT2D eigenvalue weighted by Crippen LogP contribution is 2.09. The van der Waals surface area contributed by atoms with Gasteiger partial charge >= 0.3 is 6.03 Å². The van der Waals surface area contributed by atoms with E-state index in [-0.39, 0.29) is 12.1 Å². The van der Waals surface area contributed by atoms with Crippen LogP contribution in [0.5, 0.6) is 0 Å². The second-order valence-corrected chi connectivity index (χ2v) is 5.86. The van der Waals surface area contributed by atoms with Gasteiger partial charge in [-0.2, -0.15) is 5.10 Å². The maximum atomic E-state index is 11.8. The Balaban J connectivity index is 2.31. The minimum absolute atomic E-state index is 0.125. The zero-order valence-electron chi connectivity index (χ0n) is 13.3. The van der Waals surface area contributed by atoms with E-state index in [1.807, 2.05) is 23.9 Å². The van der Waals surface area contributed by atoms with Crippen LogP contribution in [0.1, 0.15) is 59.2 Å². The van der Waals surface area contributed by atoms with Crippen molar-refractivity contribution in [3.63, 3.8) is 0 Å². The van der Waals surface area contributed by atoms with Crippen molar-refractivity contribution in [3.8, 4) is 0 Å². The first kappa shape index (κ1) is 16.5. The molecule has 2 amide bonds. The average molecular weight is 280 g/mol. The summed E-state index contributed by atoms with van der Waals surface area (Å²) in [5.41, 5.74) is 0.878. The number of nitrogens with zero attached hydrogens (tertiary/aromatic N) is 2. The van der Waals surface area contributed by atoms with Gasteiger partial charge in [0.2, 0.25) is 0 Å². The normalized spacial score (nSPS) is 14.1. The Bertz CT molecular complexity index is 414. The topological polar surface area (TPSA) is 59.0 Å². The smallest absolute Gasteiger partial charge is 0.315 e. The van der Waals surface area contributed by atoms with Crippen LogP contribution in [-0.4, -0.2) is 21.9 Å². The lowest BCUT2D eigenvalue weighted by atomic mass is 10.0. The predicted octanol–water partition coefficient (Wildman–Crippen LogP) is 3.09. The molecule has 0 saturated carbocycles. The Labute approximate surface area is 122 Å². The van der Waals surface area contributed by atoms with Crippen molar-refractivity contribution in [1.82, 2.24) is 20.4 Å². The molecule has 1 rings (SSSR count). The molecule has 0 aliphatic carbocycles. The Kier molecular flexibility index (Phi) is 6.55. The van der Waals surface area contributed by atoms with E-state index in [0.717, 1.165) is 18.5 Å². The van der Waals surface area contributed by atoms with Gasteiger partial charge in [0.05, 0.1) is 12.2 Å². The second-order valence-electron chi connectivity index (χ2n) is 5.86. The summed E-state index contributed by atoms with van der Waals surface area (Å²) in [5.74, 6) is 0.632. The van der Waals surface area contributed by atoms with Gasteiger partial charge in [-0.15, -0.1) is 0 Å². The van der Waals surface area contributed by atoms with Gasteiger partial charge in [-0.3, -0.25) is 4.68 Å². The summed E-state index contributed by atoms with van der Waals surface area (Å²) in [5, 5.41) is 10.2. The number of urea groups is 1. The highest BCUT2D eigenvalue weighted by Gasteiger charge is 2.10. The minimum atomic E-state index is -0.125. The molecule has 0 saturated heterocycles. The van der Waals surface area contributed by atoms with Crippen LogP contribution in [0.4, 0.5) is 4.79 Å². The maximum absolute atomic E-state index is 11.8. The molecule has 2 N–H and O–H groups in total. The van der Waals surface area contributed by atoms with Crippen molar-refractivity contribution in [3.05, 3.63) is 18.0 Å². The molecule has 0 aliphatic heterocycles. The number of rotatable bonds is 7. The molecule has 5 heteroatoms. The van der Waals surface area contributed by atoms with Crippen LogP contribution in [0.3, 0.4) is 0 Å². The molecule has 0 aliphatic rings. The Morgan fingerprint density at radius 3 is 2.60 bits per heavy atom. The van der Waals surface area contributed by atoms with Gasteiger partial charge in [0.1, 0.15) is 0 Å². The maximum Gasteiger partial charge on any atom is 0.315 e. The highest BCUT2D eigenvalue weighted by molar-refractivity contribution is 5.74. The van der Waals surface area contributed by atoms with Crippen LogP contribution >= 0.6 is 0 Å². The predicted molar refractivity (Wildman–Crippen MR) is 81.5 cm³/mol. The first-order valence-electron chi connectivity index (χ1n) is 7.50. The largest absolute Gasteiger partial charge is 0.336 e. The SMILES string of the molecule is CC[C@@H](C)C[C@H](C)NC(=O)NCc1ccn(C(C)C)n1. The molecule has 1 aromatic rings. The average Bonchev–Trinajstić information content (AvgIpc) is 2.85. The molecule has 2 atom stereocenters. The zero-order chi connectivity index (χ0) is 15.1. The number of carbonyl (C=O) groups is 1. The lowest BCUT2D eigenvalue weighted by molar-refractivity contribution is 0.235. The number of amides is 2. The zero-order valence-corrected chi connectivity index (χ0v) is 13.3. The van der Waals surface area contributed by atoms with Crippen molar-refractivity contribution >= 4 is 6.03 Å². The van der Waals surface area contributed by atoms with Crippen LogP contribution < -0.4 is 10.6 Å². The summed E-state index contributed by atoms with van der Waals surface area (Å²) in [4.78, 5) is 11.8. The number of hydrogen-bond donors (Lipinski definition) is 2. The van der Waals surface area contributed by atoms with Gasteiger partial charge in [0, 0.05) is 18.3 Å². The van der Waals surface area contributed by atoms with E-state index >= 15 is 0 Å². The number of nitrogens with one attached hydrogen (secondary N) is 2. The fourth-order valence-electron chi connectivity index (χ4n) is 2.03. The first-order valence-corrected chi connectivity index (χ1v) is 7.50. The van der Waals surface area contributed by atoms with Gasteiger partial charge in [0.25, 0.3) is 0 Å². The Hall–Kier alpha value is -1.52. The molecule has 1 aromatic heterocycles. The summed E-state index contributed by atoms with van der Waals surface area (Å²) < 4.78 is 1.89. The fraction of sp³-hybridized carbons (Fsp3) is 0.733. The summed E-state index contributed by atoms with van der Waals surface area (Å²) in [7, 11) is 0. The Morgan fingerprint density at radius 2 is 2.05 bits per heavy atom. The van der Waals surface area contributed by atoms with Crippen molar-refractivity contribution < 1.29 is 4.79 Å². The van der Waals surface area contributed by atoms with Crippen LogP contribution in [-0.2, 0) is 6.54 Å². The lowest BCUT2D eigenvalue weighted by Gasteiger charge is -2.17. The van der Waals surface area contributed by atoms with Crippen LogP contribution in [0, 0.1) is 5.92 Å². The van der Waals surface area contributed by atoms with E-state index in [1.165, 1.54) is 0 Å². The summed E-state index contributed by atoms with van der Waals surface area (Å²) in [6.45, 7) is 11.0. The van der Waals surface area contributed by atoms with E-state index in [2.05, 4.69) is 43.4 Å². The third-order valence-electron chi connectivity index (χ3n) is 3.45. The summed E-state index contributed by atoms with van der Waals surface area (Å²) in [6, 6.07) is 2.34. The standard InChI is InChI=1S/C15H28N4O/c1-6-12(4)9-13(5)17-15(20)16-10-14-7-8-19(18-14)11(2)3/h7-8,11-13H,6,9-10H2,1-5H3,(H2,16,17,20)/t12-,13+/m1/s1. The van der Waals surface area contributed by atoms with Crippen molar-refractivity contribution in [2.45, 2.75) is 66.1 Å². The van der Waals surface area contributed by atoms with Crippen molar-refractivity contribution in [2.24, 2.45) is 5.92 Å². The number of hydrogen-bond acceptors (Lipinski definition) is 2. The third kappa shape index (κ3) is 5.63. The molecule has 0 bridgehead atoms. The quantitative estimate of drug-likeness (QED) is 0.806. The van der Waals surface area contributed by atoms with E-state index < -0.39 is 0 Å². The molecule has 0 aromatic carbocycles. The first-order chi connectivity index (χ1) is 9.42. The molecule has 20 heavy (non-hydrogen) atoms. The monoisotopic (exact) mass is 280 g/mol. The number of aromatic nitrogens is 2. The van der Waals surface area contributed by atoms with E-state index in [9.17, 15) is 4.79 Å². The Morgan fingerprint density at radius 1 is 1.35 bits per heavy atom. The summed E-state index contributed by atoms with van der Waals surface area (Å²) in [6.07, 6.45) is 4.08. The molecule has 0 fully saturated rings. The van der Waals surface area contributed by atoms with E-state index in [4.69, 9.17) is 0 Å². The molecular weight excluding hydrogens is 252 g/mol. The van der Waals surface area contributed by atoms with Crippen molar-refractivity contribution in [2.75, 3.05) is 0 Å². The van der Waals surface area contributed by atoms with Gasteiger partial charge in [-0.1, -0.05) is 20.3 Å². The van der Waals surface area contributed by atoms with E-state index in [1.54, 1.807) is 0 Å².